The lowest BCUT2D eigenvalue weighted by atomic mass is 9.97. The number of para-hydroxylation sites is 1. The van der Waals surface area contributed by atoms with E-state index in [2.05, 4.69) is 31.0 Å². The quantitative estimate of drug-likeness (QED) is 0.498. The molecule has 1 aliphatic rings. The Morgan fingerprint density at radius 2 is 1.88 bits per heavy atom. The number of hydrogen-bond acceptors (Lipinski definition) is 5. The van der Waals surface area contributed by atoms with Crippen LogP contribution in [0.4, 0.5) is 5.69 Å². The first-order chi connectivity index (χ1) is 15.2. The summed E-state index contributed by atoms with van der Waals surface area (Å²) in [5.41, 5.74) is 4.62. The van der Waals surface area contributed by atoms with Gasteiger partial charge in [0, 0.05) is 22.7 Å². The Morgan fingerprint density at radius 3 is 2.59 bits per heavy atom. The molecule has 0 saturated carbocycles. The van der Waals surface area contributed by atoms with Gasteiger partial charge in [-0.05, 0) is 42.9 Å². The summed E-state index contributed by atoms with van der Waals surface area (Å²) in [6, 6.07) is 15.9. The molecule has 1 unspecified atom stereocenters. The van der Waals surface area contributed by atoms with Gasteiger partial charge < -0.3 is 4.90 Å². The van der Waals surface area contributed by atoms with Gasteiger partial charge in [-0.15, -0.1) is 11.3 Å². The molecular formula is C25H28N2O3S2. The lowest BCUT2D eigenvalue weighted by molar-refractivity contribution is -0.116. The molecule has 0 fully saturated rings. The first-order valence-corrected chi connectivity index (χ1v) is 13.6. The van der Waals surface area contributed by atoms with Crippen LogP contribution in [0.25, 0.3) is 10.6 Å². The number of aryl methyl sites for hydroxylation is 1. The molecule has 1 aliphatic heterocycles. The van der Waals surface area contributed by atoms with Crippen molar-refractivity contribution in [3.63, 3.8) is 0 Å². The number of rotatable bonds is 6. The molecule has 1 aromatic heterocycles. The Hall–Kier alpha value is -2.51. The van der Waals surface area contributed by atoms with Gasteiger partial charge in [0.25, 0.3) is 0 Å². The SMILES string of the molecule is CC(C)c1ccc(-c2nc(CS(=O)(=O)CC(=O)N3c4ccccc4CCC3C)cs2)cc1. The average molecular weight is 469 g/mol. The Balaban J connectivity index is 1.47. The smallest absolute Gasteiger partial charge is 0.242 e. The fourth-order valence-electron chi connectivity index (χ4n) is 4.12. The van der Waals surface area contributed by atoms with E-state index in [4.69, 9.17) is 0 Å². The van der Waals surface area contributed by atoms with E-state index in [9.17, 15) is 13.2 Å². The molecule has 0 bridgehead atoms. The van der Waals surface area contributed by atoms with Crippen molar-refractivity contribution < 1.29 is 13.2 Å². The molecule has 1 amide bonds. The maximum Gasteiger partial charge on any atom is 0.242 e. The van der Waals surface area contributed by atoms with Gasteiger partial charge in [-0.3, -0.25) is 4.79 Å². The third-order valence-corrected chi connectivity index (χ3v) is 8.24. The number of anilines is 1. The zero-order chi connectivity index (χ0) is 22.9. The fourth-order valence-corrected chi connectivity index (χ4v) is 6.27. The normalized spacial score (nSPS) is 16.2. The number of sulfone groups is 1. The van der Waals surface area contributed by atoms with E-state index >= 15 is 0 Å². The number of nitrogens with zero attached hydrogens (tertiary/aromatic N) is 2. The van der Waals surface area contributed by atoms with E-state index in [1.165, 1.54) is 16.9 Å². The molecule has 0 saturated heterocycles. The molecule has 7 heteroatoms. The Labute approximate surface area is 194 Å². The van der Waals surface area contributed by atoms with Crippen LogP contribution < -0.4 is 4.90 Å². The van der Waals surface area contributed by atoms with Gasteiger partial charge in [0.15, 0.2) is 9.84 Å². The minimum atomic E-state index is -3.64. The van der Waals surface area contributed by atoms with E-state index in [0.29, 0.717) is 11.6 Å². The first-order valence-electron chi connectivity index (χ1n) is 10.9. The summed E-state index contributed by atoms with van der Waals surface area (Å²) in [5.74, 6) is -0.664. The highest BCUT2D eigenvalue weighted by Gasteiger charge is 2.31. The number of carbonyl (C=O) groups is 1. The maximum atomic E-state index is 13.0. The van der Waals surface area contributed by atoms with Gasteiger partial charge in [-0.2, -0.15) is 0 Å². The second kappa shape index (κ2) is 9.16. The standard InChI is InChI=1S/C25H28N2O3S2/c1-17(2)19-10-12-21(13-11-19)25-26-22(14-31-25)15-32(29,30)16-24(28)27-18(3)8-9-20-6-4-5-7-23(20)27/h4-7,10-14,17-18H,8-9,15-16H2,1-3H3. The lowest BCUT2D eigenvalue weighted by Gasteiger charge is -2.35. The summed E-state index contributed by atoms with van der Waals surface area (Å²) in [7, 11) is -3.64. The largest absolute Gasteiger partial charge is 0.308 e. The third kappa shape index (κ3) is 4.94. The molecule has 3 aromatic rings. The molecule has 2 aromatic carbocycles. The topological polar surface area (TPSA) is 67.3 Å². The van der Waals surface area contributed by atoms with E-state index in [1.807, 2.05) is 43.3 Å². The van der Waals surface area contributed by atoms with Gasteiger partial charge in [-0.1, -0.05) is 56.3 Å². The molecule has 0 aliphatic carbocycles. The highest BCUT2D eigenvalue weighted by atomic mass is 32.2. The summed E-state index contributed by atoms with van der Waals surface area (Å²) >= 11 is 1.42. The number of carbonyl (C=O) groups excluding carboxylic acids is 1. The van der Waals surface area contributed by atoms with E-state index in [0.717, 1.165) is 34.7 Å². The molecule has 0 radical (unpaired) electrons. The molecule has 4 rings (SSSR count). The van der Waals surface area contributed by atoms with Crippen molar-refractivity contribution in [3.05, 3.63) is 70.7 Å². The van der Waals surface area contributed by atoms with Gasteiger partial charge in [-0.25, -0.2) is 13.4 Å². The molecule has 2 heterocycles. The highest BCUT2D eigenvalue weighted by molar-refractivity contribution is 7.91. The summed E-state index contributed by atoms with van der Waals surface area (Å²) in [6.45, 7) is 6.26. The van der Waals surface area contributed by atoms with Crippen molar-refractivity contribution in [1.29, 1.82) is 0 Å². The van der Waals surface area contributed by atoms with Crippen LogP contribution in [0, 0.1) is 0 Å². The first kappa shape index (κ1) is 22.7. The van der Waals surface area contributed by atoms with Crippen LogP contribution in [0.5, 0.6) is 0 Å². The van der Waals surface area contributed by atoms with Crippen LogP contribution in [0.15, 0.2) is 53.9 Å². The molecule has 1 atom stereocenters. The van der Waals surface area contributed by atoms with Crippen LogP contribution in [0.1, 0.15) is 49.9 Å². The van der Waals surface area contributed by atoms with Crippen molar-refractivity contribution in [2.45, 2.75) is 51.3 Å². The minimum absolute atomic E-state index is 0.0210. The number of benzene rings is 2. The predicted molar refractivity (Wildman–Crippen MR) is 131 cm³/mol. The monoisotopic (exact) mass is 468 g/mol. The molecule has 32 heavy (non-hydrogen) atoms. The maximum absolute atomic E-state index is 13.0. The van der Waals surface area contributed by atoms with Crippen molar-refractivity contribution in [3.8, 4) is 10.6 Å². The van der Waals surface area contributed by atoms with Gasteiger partial charge in [0.05, 0.1) is 11.4 Å². The van der Waals surface area contributed by atoms with Crippen LogP contribution in [-0.4, -0.2) is 31.1 Å². The number of fused-ring (bicyclic) bond motifs is 1. The number of aromatic nitrogens is 1. The lowest BCUT2D eigenvalue weighted by Crippen LogP contribution is -2.45. The van der Waals surface area contributed by atoms with Crippen LogP contribution in [0.3, 0.4) is 0 Å². The molecule has 0 N–H and O–H groups in total. The van der Waals surface area contributed by atoms with Crippen molar-refractivity contribution in [2.75, 3.05) is 10.7 Å². The predicted octanol–water partition coefficient (Wildman–Crippen LogP) is 5.22. The highest BCUT2D eigenvalue weighted by Crippen LogP contribution is 2.31. The fraction of sp³-hybridized carbons (Fsp3) is 0.360. The second-order valence-electron chi connectivity index (χ2n) is 8.73. The number of hydrogen-bond donors (Lipinski definition) is 0. The van der Waals surface area contributed by atoms with E-state index < -0.39 is 15.6 Å². The summed E-state index contributed by atoms with van der Waals surface area (Å²) < 4.78 is 25.7. The average Bonchev–Trinajstić information content (AvgIpc) is 3.20. The van der Waals surface area contributed by atoms with Gasteiger partial charge >= 0.3 is 0 Å². The molecule has 0 spiro atoms. The summed E-state index contributed by atoms with van der Waals surface area (Å²) in [4.78, 5) is 19.2. The number of thiazole rings is 1. The van der Waals surface area contributed by atoms with Gasteiger partial charge in [0.2, 0.25) is 5.91 Å². The Kier molecular flexibility index (Phi) is 6.49. The summed E-state index contributed by atoms with van der Waals surface area (Å²) in [6.07, 6.45) is 1.72. The zero-order valence-electron chi connectivity index (χ0n) is 18.6. The third-order valence-electron chi connectivity index (χ3n) is 5.88. The number of amides is 1. The van der Waals surface area contributed by atoms with Crippen LogP contribution in [-0.2, 0) is 26.8 Å². The minimum Gasteiger partial charge on any atom is -0.308 e. The van der Waals surface area contributed by atoms with Crippen molar-refractivity contribution in [2.24, 2.45) is 0 Å². The van der Waals surface area contributed by atoms with Crippen LogP contribution >= 0.6 is 11.3 Å². The van der Waals surface area contributed by atoms with E-state index in [1.54, 1.807) is 10.3 Å². The zero-order valence-corrected chi connectivity index (χ0v) is 20.2. The van der Waals surface area contributed by atoms with Crippen LogP contribution in [0.2, 0.25) is 0 Å². The molecule has 168 valence electrons. The summed E-state index contributed by atoms with van der Waals surface area (Å²) in [5, 5.41) is 2.56. The molecule has 5 nitrogen and oxygen atoms in total. The second-order valence-corrected chi connectivity index (χ2v) is 11.7. The Morgan fingerprint density at radius 1 is 1.16 bits per heavy atom. The van der Waals surface area contributed by atoms with Crippen molar-refractivity contribution in [1.82, 2.24) is 4.98 Å². The molecular weight excluding hydrogens is 440 g/mol. The van der Waals surface area contributed by atoms with Gasteiger partial charge in [0.1, 0.15) is 10.8 Å². The van der Waals surface area contributed by atoms with Crippen molar-refractivity contribution >= 4 is 32.8 Å². The Bertz CT molecular complexity index is 1210. The van der Waals surface area contributed by atoms with E-state index in [-0.39, 0.29) is 17.7 Å².